The maximum Gasteiger partial charge on any atom is 0.220 e. The third kappa shape index (κ3) is 61.9. The standard InChI is InChI=1S/C72H127NO3/c1-3-5-7-9-11-13-15-17-19-21-23-25-27-29-31-32-33-34-35-36-37-38-39-40-42-44-46-48-50-52-54-56-58-60-62-64-66-68-72(76)73-70(69-74)71(75)67-65-63-61-59-57-55-53-51-49-47-45-43-41-30-28-26-24-22-20-18-16-14-12-10-8-6-4-2/h5,7,11,13,17,19,23,25,29,31,33-34,36-37,57,59,65,67,70-71,74-75H,3-4,6,8-10,12,14-16,18,20-22,24,26-28,30,32,35,38-56,58,60-64,66,68-69H2,1-2H3,(H,73,76)/b7-5-,13-11-,19-17-,25-23-,31-29-,34-33-,37-36-,59-57+,67-65+. The molecule has 0 aromatic carbocycles. The molecule has 0 heterocycles. The summed E-state index contributed by atoms with van der Waals surface area (Å²) in [5.41, 5.74) is 0. The van der Waals surface area contributed by atoms with Crippen molar-refractivity contribution in [3.63, 3.8) is 0 Å². The summed E-state index contributed by atoms with van der Waals surface area (Å²) in [5, 5.41) is 23.2. The summed E-state index contributed by atoms with van der Waals surface area (Å²) in [6, 6.07) is -0.646. The second-order valence-electron chi connectivity index (χ2n) is 22.1. The number of hydrogen-bond acceptors (Lipinski definition) is 3. The number of carbonyl (C=O) groups is 1. The SMILES string of the molecule is CC/C=C\C/C=C\C/C=C\C/C=C\C/C=C\C/C=C\C/C=C\CCCCCCCCCCCCCCCCCC(=O)NC(CO)C(O)/C=C/CC/C=C/CCCCCCCCCCCCCCCCCCCCCCC. The van der Waals surface area contributed by atoms with Gasteiger partial charge in [0.1, 0.15) is 0 Å². The Morgan fingerprint density at radius 2 is 0.592 bits per heavy atom. The van der Waals surface area contributed by atoms with Crippen LogP contribution in [-0.4, -0.2) is 34.9 Å². The van der Waals surface area contributed by atoms with Crippen molar-refractivity contribution in [2.24, 2.45) is 0 Å². The van der Waals surface area contributed by atoms with Gasteiger partial charge in [-0.1, -0.05) is 335 Å². The predicted octanol–water partition coefficient (Wildman–Crippen LogP) is 22.6. The first-order valence-corrected chi connectivity index (χ1v) is 33.1. The number of rotatable bonds is 60. The molecule has 0 aliphatic carbocycles. The zero-order valence-corrected chi connectivity index (χ0v) is 50.5. The third-order valence-corrected chi connectivity index (χ3v) is 14.7. The van der Waals surface area contributed by atoms with Crippen LogP contribution in [0.5, 0.6) is 0 Å². The van der Waals surface area contributed by atoms with E-state index in [0.29, 0.717) is 6.42 Å². The quantitative estimate of drug-likeness (QED) is 0.0420. The molecular weight excluding hydrogens is 927 g/mol. The number of carbonyl (C=O) groups excluding carboxylic acids is 1. The van der Waals surface area contributed by atoms with Crippen LogP contribution in [0.1, 0.15) is 322 Å². The highest BCUT2D eigenvalue weighted by Gasteiger charge is 2.18. The van der Waals surface area contributed by atoms with E-state index < -0.39 is 12.1 Å². The Kier molecular flexibility index (Phi) is 63.8. The second kappa shape index (κ2) is 66.3. The first-order valence-electron chi connectivity index (χ1n) is 33.1. The fraction of sp³-hybridized carbons (Fsp3) is 0.736. The van der Waals surface area contributed by atoms with Crippen molar-refractivity contribution in [1.29, 1.82) is 0 Å². The molecule has 0 bridgehead atoms. The molecule has 4 nitrogen and oxygen atoms in total. The molecule has 4 heteroatoms. The maximum absolute atomic E-state index is 12.5. The van der Waals surface area contributed by atoms with Crippen LogP contribution in [0.3, 0.4) is 0 Å². The van der Waals surface area contributed by atoms with Crippen molar-refractivity contribution < 1.29 is 15.0 Å². The molecule has 1 amide bonds. The van der Waals surface area contributed by atoms with Crippen LogP contribution < -0.4 is 5.32 Å². The van der Waals surface area contributed by atoms with Gasteiger partial charge in [0.25, 0.3) is 0 Å². The van der Waals surface area contributed by atoms with E-state index in [2.05, 4.69) is 116 Å². The lowest BCUT2D eigenvalue weighted by atomic mass is 10.0. The van der Waals surface area contributed by atoms with Gasteiger partial charge in [-0.3, -0.25) is 4.79 Å². The molecule has 0 aliphatic rings. The first-order chi connectivity index (χ1) is 37.7. The van der Waals surface area contributed by atoms with Crippen LogP contribution in [0, 0.1) is 0 Å². The monoisotopic (exact) mass is 1050 g/mol. The Balaban J connectivity index is 3.53. The van der Waals surface area contributed by atoms with E-state index in [9.17, 15) is 15.0 Å². The van der Waals surface area contributed by atoms with Gasteiger partial charge in [-0.2, -0.15) is 0 Å². The van der Waals surface area contributed by atoms with E-state index in [4.69, 9.17) is 0 Å². The molecule has 0 radical (unpaired) electrons. The normalized spacial score (nSPS) is 13.5. The summed E-state index contributed by atoms with van der Waals surface area (Å²) in [5.74, 6) is -0.0739. The van der Waals surface area contributed by atoms with Gasteiger partial charge in [0, 0.05) is 6.42 Å². The molecule has 0 aromatic rings. The van der Waals surface area contributed by atoms with E-state index in [1.165, 1.54) is 225 Å². The summed E-state index contributed by atoms with van der Waals surface area (Å²) in [6.45, 7) is 4.21. The molecule has 2 unspecified atom stereocenters. The Morgan fingerprint density at radius 3 is 0.921 bits per heavy atom. The summed E-state index contributed by atoms with van der Waals surface area (Å²) in [6.07, 6.45) is 100. The second-order valence-corrected chi connectivity index (χ2v) is 22.1. The number of aliphatic hydroxyl groups excluding tert-OH is 2. The minimum atomic E-state index is -0.869. The van der Waals surface area contributed by atoms with Crippen LogP contribution in [0.15, 0.2) is 109 Å². The summed E-state index contributed by atoms with van der Waals surface area (Å²) >= 11 is 0. The largest absolute Gasteiger partial charge is 0.394 e. The van der Waals surface area contributed by atoms with Gasteiger partial charge in [-0.25, -0.2) is 0 Å². The minimum absolute atomic E-state index is 0.0739. The topological polar surface area (TPSA) is 69.6 Å². The van der Waals surface area contributed by atoms with E-state index in [-0.39, 0.29) is 12.5 Å². The Labute approximate surface area is 474 Å². The lowest BCUT2D eigenvalue weighted by molar-refractivity contribution is -0.123. The van der Waals surface area contributed by atoms with Gasteiger partial charge < -0.3 is 15.5 Å². The molecule has 0 aromatic heterocycles. The molecule has 0 fully saturated rings. The molecule has 0 rings (SSSR count). The summed E-state index contributed by atoms with van der Waals surface area (Å²) < 4.78 is 0. The maximum atomic E-state index is 12.5. The summed E-state index contributed by atoms with van der Waals surface area (Å²) in [4.78, 5) is 12.5. The van der Waals surface area contributed by atoms with Crippen LogP contribution in [-0.2, 0) is 4.79 Å². The third-order valence-electron chi connectivity index (χ3n) is 14.7. The molecule has 0 saturated heterocycles. The van der Waals surface area contributed by atoms with E-state index in [0.717, 1.165) is 77.0 Å². The number of nitrogens with one attached hydrogen (secondary N) is 1. The molecule has 0 spiro atoms. The smallest absolute Gasteiger partial charge is 0.220 e. The number of allylic oxidation sites excluding steroid dienone is 17. The average Bonchev–Trinajstić information content (AvgIpc) is 3.42. The van der Waals surface area contributed by atoms with E-state index in [1.807, 2.05) is 6.08 Å². The van der Waals surface area contributed by atoms with Gasteiger partial charge >= 0.3 is 0 Å². The van der Waals surface area contributed by atoms with Gasteiger partial charge in [0.05, 0.1) is 18.8 Å². The van der Waals surface area contributed by atoms with Crippen molar-refractivity contribution in [3.8, 4) is 0 Å². The van der Waals surface area contributed by atoms with Crippen molar-refractivity contribution >= 4 is 5.91 Å². The van der Waals surface area contributed by atoms with Crippen molar-refractivity contribution in [3.05, 3.63) is 109 Å². The van der Waals surface area contributed by atoms with Gasteiger partial charge in [0.2, 0.25) is 5.91 Å². The molecule has 438 valence electrons. The molecule has 0 saturated carbocycles. The minimum Gasteiger partial charge on any atom is -0.394 e. The van der Waals surface area contributed by atoms with Crippen LogP contribution in [0.2, 0.25) is 0 Å². The lowest BCUT2D eigenvalue weighted by Gasteiger charge is -2.19. The zero-order chi connectivity index (χ0) is 54.8. The van der Waals surface area contributed by atoms with Crippen LogP contribution in [0.4, 0.5) is 0 Å². The number of amides is 1. The fourth-order valence-electron chi connectivity index (χ4n) is 9.77. The van der Waals surface area contributed by atoms with Crippen molar-refractivity contribution in [2.45, 2.75) is 334 Å². The fourth-order valence-corrected chi connectivity index (χ4v) is 9.77. The van der Waals surface area contributed by atoms with E-state index >= 15 is 0 Å². The van der Waals surface area contributed by atoms with Crippen LogP contribution in [0.25, 0.3) is 0 Å². The van der Waals surface area contributed by atoms with Crippen molar-refractivity contribution in [1.82, 2.24) is 5.32 Å². The first kappa shape index (κ1) is 73.0. The Morgan fingerprint density at radius 1 is 0.329 bits per heavy atom. The van der Waals surface area contributed by atoms with Crippen LogP contribution >= 0.6 is 0 Å². The van der Waals surface area contributed by atoms with Gasteiger partial charge in [-0.15, -0.1) is 0 Å². The predicted molar refractivity (Wildman–Crippen MR) is 340 cm³/mol. The molecule has 76 heavy (non-hydrogen) atoms. The van der Waals surface area contributed by atoms with Crippen molar-refractivity contribution in [2.75, 3.05) is 6.61 Å². The lowest BCUT2D eigenvalue weighted by Crippen LogP contribution is -2.45. The number of unbranched alkanes of at least 4 members (excludes halogenated alkanes) is 37. The number of hydrogen-bond donors (Lipinski definition) is 3. The average molecular weight is 1050 g/mol. The van der Waals surface area contributed by atoms with Gasteiger partial charge in [0.15, 0.2) is 0 Å². The Bertz CT molecular complexity index is 1430. The highest BCUT2D eigenvalue weighted by atomic mass is 16.3. The summed E-state index contributed by atoms with van der Waals surface area (Å²) in [7, 11) is 0. The molecule has 2 atom stereocenters. The highest BCUT2D eigenvalue weighted by Crippen LogP contribution is 2.17. The van der Waals surface area contributed by atoms with E-state index in [1.54, 1.807) is 6.08 Å². The molecule has 0 aliphatic heterocycles. The molecule has 3 N–H and O–H groups in total. The number of aliphatic hydroxyl groups is 2. The Hall–Kier alpha value is -2.95. The van der Waals surface area contributed by atoms with Gasteiger partial charge in [-0.05, 0) is 89.9 Å². The highest BCUT2D eigenvalue weighted by molar-refractivity contribution is 5.76. The zero-order valence-electron chi connectivity index (χ0n) is 50.5. The molecular formula is C72H127NO3.